The molecule has 0 bridgehead atoms. The highest BCUT2D eigenvalue weighted by molar-refractivity contribution is 6.33. The molecule has 0 aliphatic rings. The fraction of sp³-hybridized carbons (Fsp3) is 0.286. The largest absolute Gasteiger partial charge is 0.463 e. The smallest absolute Gasteiger partial charge is 0.330 e. The molecule has 5 heteroatoms. The van der Waals surface area contributed by atoms with Crippen molar-refractivity contribution in [3.8, 4) is 0 Å². The van der Waals surface area contributed by atoms with Crippen LogP contribution in [0, 0.1) is 0 Å². The Bertz CT molecular complexity index is 472. The predicted octanol–water partition coefficient (Wildman–Crippen LogP) is 3.18. The fourth-order valence-electron chi connectivity index (χ4n) is 1.25. The van der Waals surface area contributed by atoms with E-state index in [9.17, 15) is 9.59 Å². The van der Waals surface area contributed by atoms with E-state index in [4.69, 9.17) is 16.3 Å². The Kier molecular flexibility index (Phi) is 6.68. The predicted molar refractivity (Wildman–Crippen MR) is 75.1 cm³/mol. The topological polar surface area (TPSA) is 55.4 Å². The Morgan fingerprint density at radius 1 is 1.32 bits per heavy atom. The number of unbranched alkanes of at least 4 members (excludes halogenated alkanes) is 1. The van der Waals surface area contributed by atoms with Gasteiger partial charge in [-0.05, 0) is 18.6 Å². The van der Waals surface area contributed by atoms with Crippen LogP contribution in [0.15, 0.2) is 36.4 Å². The van der Waals surface area contributed by atoms with Gasteiger partial charge in [-0.15, -0.1) is 0 Å². The number of carbonyl (C=O) groups excluding carboxylic acids is 2. The van der Waals surface area contributed by atoms with Gasteiger partial charge in [0.1, 0.15) is 0 Å². The van der Waals surface area contributed by atoms with Gasteiger partial charge in [-0.1, -0.05) is 37.1 Å². The van der Waals surface area contributed by atoms with Crippen LogP contribution in [0.4, 0.5) is 5.69 Å². The lowest BCUT2D eigenvalue weighted by Gasteiger charge is -2.03. The third kappa shape index (κ3) is 6.06. The average Bonchev–Trinajstić information content (AvgIpc) is 2.39. The highest BCUT2D eigenvalue weighted by Gasteiger charge is 2.03. The number of para-hydroxylation sites is 1. The number of carbonyl (C=O) groups is 2. The fourth-order valence-corrected chi connectivity index (χ4v) is 1.43. The van der Waals surface area contributed by atoms with Crippen molar-refractivity contribution >= 4 is 29.2 Å². The van der Waals surface area contributed by atoms with Crippen LogP contribution in [0.2, 0.25) is 5.02 Å². The minimum atomic E-state index is -0.525. The van der Waals surface area contributed by atoms with Gasteiger partial charge < -0.3 is 10.1 Å². The summed E-state index contributed by atoms with van der Waals surface area (Å²) >= 11 is 5.89. The van der Waals surface area contributed by atoms with Gasteiger partial charge in [0.05, 0.1) is 17.3 Å². The normalized spacial score (nSPS) is 10.4. The molecule has 19 heavy (non-hydrogen) atoms. The molecule has 0 radical (unpaired) electrons. The zero-order valence-electron chi connectivity index (χ0n) is 10.7. The summed E-state index contributed by atoms with van der Waals surface area (Å²) in [6, 6.07) is 6.86. The lowest BCUT2D eigenvalue weighted by Crippen LogP contribution is -2.10. The first kappa shape index (κ1) is 15.2. The van der Waals surface area contributed by atoms with E-state index < -0.39 is 11.9 Å². The molecular formula is C14H16ClNO3. The van der Waals surface area contributed by atoms with Crippen molar-refractivity contribution in [3.63, 3.8) is 0 Å². The van der Waals surface area contributed by atoms with Gasteiger partial charge in [-0.25, -0.2) is 4.79 Å². The highest BCUT2D eigenvalue weighted by Crippen LogP contribution is 2.20. The molecule has 1 amide bonds. The molecule has 0 aliphatic heterocycles. The number of hydrogen-bond acceptors (Lipinski definition) is 3. The maximum absolute atomic E-state index is 11.5. The van der Waals surface area contributed by atoms with Crippen LogP contribution in [0.25, 0.3) is 0 Å². The van der Waals surface area contributed by atoms with E-state index in [0.717, 1.165) is 25.0 Å². The summed E-state index contributed by atoms with van der Waals surface area (Å²) in [5.41, 5.74) is 0.498. The molecule has 102 valence electrons. The number of halogens is 1. The molecule has 0 unspecified atom stereocenters. The minimum Gasteiger partial charge on any atom is -0.463 e. The zero-order chi connectivity index (χ0) is 14.1. The molecular weight excluding hydrogens is 266 g/mol. The number of amides is 1. The quantitative estimate of drug-likeness (QED) is 0.495. The molecule has 1 rings (SSSR count). The number of esters is 1. The number of anilines is 1. The lowest BCUT2D eigenvalue weighted by atomic mass is 10.3. The van der Waals surface area contributed by atoms with Crippen LogP contribution in [0.5, 0.6) is 0 Å². The first-order valence-corrected chi connectivity index (χ1v) is 6.41. The summed E-state index contributed by atoms with van der Waals surface area (Å²) in [6.45, 7) is 2.37. The molecule has 0 aromatic heterocycles. The maximum atomic E-state index is 11.5. The number of hydrogen-bond donors (Lipinski definition) is 1. The Hall–Kier alpha value is -1.81. The Morgan fingerprint density at radius 2 is 2.05 bits per heavy atom. The Balaban J connectivity index is 2.43. The van der Waals surface area contributed by atoms with Crippen LogP contribution >= 0.6 is 11.6 Å². The molecule has 1 aromatic rings. The van der Waals surface area contributed by atoms with Crippen LogP contribution in [0.3, 0.4) is 0 Å². The first-order valence-electron chi connectivity index (χ1n) is 6.04. The number of ether oxygens (including phenoxy) is 1. The van der Waals surface area contributed by atoms with Crippen LogP contribution < -0.4 is 5.32 Å². The molecule has 1 N–H and O–H groups in total. The molecule has 1 aromatic carbocycles. The van der Waals surface area contributed by atoms with Gasteiger partial charge in [0.2, 0.25) is 5.91 Å². The second-order valence-electron chi connectivity index (χ2n) is 3.82. The molecule has 0 saturated heterocycles. The van der Waals surface area contributed by atoms with Crippen LogP contribution in [-0.4, -0.2) is 18.5 Å². The average molecular weight is 282 g/mol. The minimum absolute atomic E-state index is 0.367. The van der Waals surface area contributed by atoms with Crippen molar-refractivity contribution in [1.82, 2.24) is 0 Å². The lowest BCUT2D eigenvalue weighted by molar-refractivity contribution is -0.138. The van der Waals surface area contributed by atoms with E-state index in [1.807, 2.05) is 6.92 Å². The molecule has 0 spiro atoms. The van der Waals surface area contributed by atoms with Crippen molar-refractivity contribution in [1.29, 1.82) is 0 Å². The zero-order valence-corrected chi connectivity index (χ0v) is 11.4. The van der Waals surface area contributed by atoms with Crippen LogP contribution in [0.1, 0.15) is 19.8 Å². The first-order chi connectivity index (χ1) is 9.13. The van der Waals surface area contributed by atoms with Gasteiger partial charge in [0.15, 0.2) is 0 Å². The second kappa shape index (κ2) is 8.32. The molecule has 4 nitrogen and oxygen atoms in total. The monoisotopic (exact) mass is 281 g/mol. The SMILES string of the molecule is CCCCOC(=O)/C=C/C(=O)Nc1ccccc1Cl. The van der Waals surface area contributed by atoms with E-state index in [1.54, 1.807) is 24.3 Å². The molecule has 0 atom stereocenters. The molecule has 0 fully saturated rings. The molecule has 0 heterocycles. The van der Waals surface area contributed by atoms with E-state index in [-0.39, 0.29) is 0 Å². The summed E-state index contributed by atoms with van der Waals surface area (Å²) in [5, 5.41) is 3.01. The molecule has 0 saturated carbocycles. The van der Waals surface area contributed by atoms with E-state index in [2.05, 4.69) is 5.32 Å². The third-order valence-corrected chi connectivity index (χ3v) is 2.57. The van der Waals surface area contributed by atoms with Crippen molar-refractivity contribution in [2.75, 3.05) is 11.9 Å². The number of benzene rings is 1. The van der Waals surface area contributed by atoms with Crippen molar-refractivity contribution in [3.05, 3.63) is 41.4 Å². The van der Waals surface area contributed by atoms with Crippen molar-refractivity contribution in [2.24, 2.45) is 0 Å². The van der Waals surface area contributed by atoms with Gasteiger partial charge in [0, 0.05) is 12.2 Å². The summed E-state index contributed by atoms with van der Waals surface area (Å²) in [4.78, 5) is 22.8. The maximum Gasteiger partial charge on any atom is 0.330 e. The Morgan fingerprint density at radius 3 is 2.74 bits per heavy atom. The van der Waals surface area contributed by atoms with E-state index in [1.165, 1.54) is 0 Å². The summed E-state index contributed by atoms with van der Waals surface area (Å²) in [5.74, 6) is -0.955. The summed E-state index contributed by atoms with van der Waals surface area (Å²) < 4.78 is 4.87. The van der Waals surface area contributed by atoms with Gasteiger partial charge in [-0.2, -0.15) is 0 Å². The van der Waals surface area contributed by atoms with Crippen LogP contribution in [-0.2, 0) is 14.3 Å². The standard InChI is InChI=1S/C14H16ClNO3/c1-2-3-10-19-14(18)9-8-13(17)16-12-7-5-4-6-11(12)15/h4-9H,2-3,10H2,1H3,(H,16,17)/b9-8+. The molecule has 0 aliphatic carbocycles. The van der Waals surface area contributed by atoms with Gasteiger partial charge in [0.25, 0.3) is 0 Å². The Labute approximate surface area is 117 Å². The third-order valence-electron chi connectivity index (χ3n) is 2.24. The second-order valence-corrected chi connectivity index (χ2v) is 4.23. The van der Waals surface area contributed by atoms with Gasteiger partial charge in [-0.3, -0.25) is 4.79 Å². The number of rotatable bonds is 6. The highest BCUT2D eigenvalue weighted by atomic mass is 35.5. The van der Waals surface area contributed by atoms with Crippen molar-refractivity contribution < 1.29 is 14.3 Å². The number of nitrogens with one attached hydrogen (secondary N) is 1. The summed E-state index contributed by atoms with van der Waals surface area (Å²) in [6.07, 6.45) is 3.98. The van der Waals surface area contributed by atoms with E-state index >= 15 is 0 Å². The van der Waals surface area contributed by atoms with Crippen molar-refractivity contribution in [2.45, 2.75) is 19.8 Å². The van der Waals surface area contributed by atoms with Gasteiger partial charge >= 0.3 is 5.97 Å². The summed E-state index contributed by atoms with van der Waals surface area (Å²) in [7, 11) is 0. The van der Waals surface area contributed by atoms with E-state index in [0.29, 0.717) is 17.3 Å².